The van der Waals surface area contributed by atoms with Gasteiger partial charge in [-0.3, -0.25) is 51.4 Å². The van der Waals surface area contributed by atoms with Crippen LogP contribution in [0.25, 0.3) is 43.9 Å². The number of hydrogen-bond donors (Lipinski definition) is 12. The van der Waals surface area contributed by atoms with Crippen molar-refractivity contribution in [3.05, 3.63) is 56.5 Å². The first-order valence-corrected chi connectivity index (χ1v) is 28.5. The van der Waals surface area contributed by atoms with E-state index in [0.717, 1.165) is 30.7 Å². The number of ether oxygens (including phenoxy) is 4. The summed E-state index contributed by atoms with van der Waals surface area (Å²) in [6, 6.07) is 0. The average molecular weight is 1200 g/mol. The monoisotopic (exact) mass is 1200 g/mol. The summed E-state index contributed by atoms with van der Waals surface area (Å²) >= 11 is 0. The molecule has 3 aliphatic heterocycles. The summed E-state index contributed by atoms with van der Waals surface area (Å²) in [7, 11) is -20.9. The van der Waals surface area contributed by atoms with Crippen LogP contribution in [0.5, 0.6) is 0 Å². The molecule has 15 N–H and O–H groups in total. The molecular formula is C34H47N18O23P4+. The Morgan fingerprint density at radius 2 is 1.35 bits per heavy atom. The lowest BCUT2D eigenvalue weighted by Crippen LogP contribution is -2.45. The number of azide groups is 1. The molecule has 16 atom stereocenters. The zero-order valence-corrected chi connectivity index (χ0v) is 43.8. The quantitative estimate of drug-likeness (QED) is 0.0108. The van der Waals surface area contributed by atoms with E-state index in [4.69, 9.17) is 59.8 Å². The summed E-state index contributed by atoms with van der Waals surface area (Å²) in [6.07, 6.45) is -13.3. The molecule has 0 radical (unpaired) electrons. The van der Waals surface area contributed by atoms with Gasteiger partial charge in [-0.15, -0.1) is 0 Å². The third kappa shape index (κ3) is 12.0. The SMILES string of the molecule is CO[C@@H]1[C@H](OP(=O)(O)OC[C@H]2O[C@@H](n3cnc4c(=O)[nH]c(N)nc43)[C@H](O)[C@@H]2O)[C@@H](COP(=O)(O)OP(=O)(O)OP(=O)(O)OC[C@H]2OC([n+]3cn(C)c4c(=O)[nH]c(N)nc43)[C@H](O)[C@@H]2CCN=[N+]=[N-])O[C@H]1n1cnc2c(N)ncnc21. The molecule has 0 saturated carbocycles. The van der Waals surface area contributed by atoms with Crippen LogP contribution in [0, 0.1) is 5.92 Å². The van der Waals surface area contributed by atoms with Gasteiger partial charge in [-0.2, -0.15) is 13.6 Å². The Morgan fingerprint density at radius 1 is 0.747 bits per heavy atom. The first kappa shape index (κ1) is 57.9. The number of aliphatic hydroxyl groups is 3. The van der Waals surface area contributed by atoms with Gasteiger partial charge in [-0.05, 0) is 12.0 Å². The van der Waals surface area contributed by atoms with Crippen LogP contribution in [-0.2, 0) is 71.0 Å². The fraction of sp³-hybridized carbons (Fsp3) is 0.559. The maximum absolute atomic E-state index is 13.7. The number of rotatable bonds is 22. The Hall–Kier alpha value is -5.80. The van der Waals surface area contributed by atoms with Crippen molar-refractivity contribution in [2.24, 2.45) is 18.1 Å². The van der Waals surface area contributed by atoms with Gasteiger partial charge in [0.05, 0.1) is 45.6 Å². The highest BCUT2D eigenvalue weighted by atomic mass is 31.3. The molecular weight excluding hydrogens is 1150 g/mol. The van der Waals surface area contributed by atoms with Gasteiger partial charge < -0.3 is 71.0 Å². The average Bonchev–Trinajstić information content (AvgIpc) is 4.44. The molecule has 45 heteroatoms. The zero-order valence-electron chi connectivity index (χ0n) is 40.3. The van der Waals surface area contributed by atoms with Crippen molar-refractivity contribution in [3.8, 4) is 0 Å². The number of methoxy groups -OCH3 is 1. The maximum atomic E-state index is 13.7. The Balaban J connectivity index is 0.874. The number of hydrogen-bond acceptors (Lipinski definition) is 29. The molecule has 0 amide bonds. The number of nitrogens with zero attached hydrogens (tertiary/aromatic N) is 13. The van der Waals surface area contributed by atoms with Crippen molar-refractivity contribution in [2.45, 2.75) is 73.9 Å². The Labute approximate surface area is 437 Å². The number of aromatic amines is 2. The molecule has 5 unspecified atom stereocenters. The number of aryl methyl sites for hydroxylation is 1. The number of H-pyrrole nitrogens is 2. The van der Waals surface area contributed by atoms with Crippen LogP contribution in [0.1, 0.15) is 25.1 Å². The molecule has 430 valence electrons. The van der Waals surface area contributed by atoms with Crippen molar-refractivity contribution < 1.29 is 103 Å². The number of aliphatic hydroxyl groups excluding tert-OH is 3. The molecule has 9 rings (SSSR count). The van der Waals surface area contributed by atoms with Crippen molar-refractivity contribution >= 4 is 82.5 Å². The molecule has 3 saturated heterocycles. The first-order chi connectivity index (χ1) is 37.2. The van der Waals surface area contributed by atoms with Gasteiger partial charge in [-0.25, -0.2) is 42.8 Å². The van der Waals surface area contributed by atoms with E-state index < -0.39 is 136 Å². The largest absolute Gasteiger partial charge is 0.490 e. The van der Waals surface area contributed by atoms with Crippen molar-refractivity contribution in [1.82, 2.24) is 53.6 Å². The number of phosphoric ester groups is 3. The number of nitrogens with two attached hydrogens (primary N) is 3. The van der Waals surface area contributed by atoms with E-state index in [1.807, 2.05) is 0 Å². The molecule has 0 aromatic carbocycles. The van der Waals surface area contributed by atoms with Gasteiger partial charge in [0, 0.05) is 24.5 Å². The second-order valence-corrected chi connectivity index (χ2v) is 23.4. The molecule has 41 nitrogen and oxygen atoms in total. The Morgan fingerprint density at radius 3 is 2.04 bits per heavy atom. The third-order valence-corrected chi connectivity index (χ3v) is 17.6. The Bertz CT molecular complexity index is 3650. The summed E-state index contributed by atoms with van der Waals surface area (Å²) < 4.78 is 110. The summed E-state index contributed by atoms with van der Waals surface area (Å²) in [5.74, 6) is -1.78. The number of aromatic nitrogens is 12. The van der Waals surface area contributed by atoms with Crippen LogP contribution in [0.4, 0.5) is 17.7 Å². The second-order valence-electron chi connectivity index (χ2n) is 17.4. The second kappa shape index (κ2) is 22.3. The minimum Gasteiger partial charge on any atom is -0.387 e. The topological polar surface area (TPSA) is 591 Å². The number of fused-ring (bicyclic) bond motifs is 3. The van der Waals surface area contributed by atoms with E-state index in [2.05, 4.69) is 58.5 Å². The van der Waals surface area contributed by atoms with Gasteiger partial charge >= 0.3 is 36.9 Å². The molecule has 9 heterocycles. The highest BCUT2D eigenvalue weighted by Crippen LogP contribution is 2.68. The molecule has 0 bridgehead atoms. The number of nitrogen functional groups attached to an aromatic ring is 3. The van der Waals surface area contributed by atoms with E-state index in [0.29, 0.717) is 0 Å². The summed E-state index contributed by atoms with van der Waals surface area (Å²) in [5.41, 5.74) is 24.5. The van der Waals surface area contributed by atoms with Gasteiger partial charge in [0.1, 0.15) is 54.6 Å². The van der Waals surface area contributed by atoms with Crippen molar-refractivity contribution in [1.29, 1.82) is 0 Å². The lowest BCUT2D eigenvalue weighted by atomic mass is 9.94. The van der Waals surface area contributed by atoms with E-state index in [-0.39, 0.29) is 64.2 Å². The van der Waals surface area contributed by atoms with Crippen LogP contribution in [-0.4, -0.2) is 171 Å². The fourth-order valence-electron chi connectivity index (χ4n) is 8.98. The van der Waals surface area contributed by atoms with Crippen LogP contribution >= 0.6 is 31.3 Å². The summed E-state index contributed by atoms with van der Waals surface area (Å²) in [4.78, 5) is 99.2. The number of nitrogens with one attached hydrogen (secondary N) is 2. The van der Waals surface area contributed by atoms with E-state index >= 15 is 0 Å². The predicted molar refractivity (Wildman–Crippen MR) is 255 cm³/mol. The van der Waals surface area contributed by atoms with Crippen LogP contribution in [0.3, 0.4) is 0 Å². The minimum atomic E-state index is -6.22. The molecule has 3 fully saturated rings. The molecule has 0 spiro atoms. The van der Waals surface area contributed by atoms with Gasteiger partial charge in [0.2, 0.25) is 17.7 Å². The van der Waals surface area contributed by atoms with E-state index in [1.165, 1.54) is 27.1 Å². The third-order valence-electron chi connectivity index (χ3n) is 12.4. The standard InChI is InChI=1S/C34H46N18O23P4/c1-49-11-52(27-18(49)29(57)47-34(37)45-27)30-19(53)12(3-4-43-48-38)13(70-30)5-68-77(60,61)74-79(64,65)75-78(62,63)69-7-15-22(23(66-2)32(72-15)50-9-41-16-24(35)39-8-40-25(16)50)73-76(58,59)67-6-14-20(54)21(55)31(71-14)51-10-42-17-26(51)44-33(36)46-28(17)56/h8-15,19-23,30-32,53-55H,3-7H2,1-2H3,(H11-,35,36,37,39,40,44,45,46,47,56,57,58,59,60,61,62,63,64,65)/p+1/t12-,13-,14-,15-,19-,20-,21-,22-,23-,30?,31-,32-/m1/s1. The van der Waals surface area contributed by atoms with Crippen LogP contribution < -0.4 is 32.9 Å². The summed E-state index contributed by atoms with van der Waals surface area (Å²) in [6.45, 7) is -3.50. The van der Waals surface area contributed by atoms with Gasteiger partial charge in [-0.1, -0.05) is 10.1 Å². The van der Waals surface area contributed by atoms with E-state index in [9.17, 15) is 62.7 Å². The fourth-order valence-corrected chi connectivity index (χ4v) is 13.5. The van der Waals surface area contributed by atoms with Crippen LogP contribution in [0.15, 0.2) is 40.0 Å². The highest BCUT2D eigenvalue weighted by molar-refractivity contribution is 7.66. The molecule has 6 aromatic heterocycles. The van der Waals surface area contributed by atoms with Crippen LogP contribution in [0.2, 0.25) is 0 Å². The molecule has 6 aromatic rings. The zero-order chi connectivity index (χ0) is 57.1. The predicted octanol–water partition coefficient (Wildman–Crippen LogP) is -2.75. The lowest BCUT2D eigenvalue weighted by molar-refractivity contribution is -0.745. The Kier molecular flexibility index (Phi) is 16.3. The summed E-state index contributed by atoms with van der Waals surface area (Å²) in [5, 5.41) is 36.6. The normalized spacial score (nSPS) is 29.4. The molecule has 3 aliphatic rings. The smallest absolute Gasteiger partial charge is 0.387 e. The first-order valence-electron chi connectivity index (χ1n) is 22.5. The number of phosphoric acid groups is 4. The molecule has 0 aliphatic carbocycles. The van der Waals surface area contributed by atoms with Crippen molar-refractivity contribution in [3.63, 3.8) is 0 Å². The van der Waals surface area contributed by atoms with Gasteiger partial charge in [0.25, 0.3) is 17.1 Å². The number of imidazole rings is 3. The molecule has 79 heavy (non-hydrogen) atoms. The highest BCUT2D eigenvalue weighted by Gasteiger charge is 2.54. The van der Waals surface area contributed by atoms with Gasteiger partial charge in [0.15, 0.2) is 41.4 Å². The van der Waals surface area contributed by atoms with E-state index in [1.54, 1.807) is 0 Å². The van der Waals surface area contributed by atoms with Crippen molar-refractivity contribution in [2.75, 3.05) is 50.7 Å². The minimum absolute atomic E-state index is 0.00469. The maximum Gasteiger partial charge on any atom is 0.490 e. The lowest BCUT2D eigenvalue weighted by Gasteiger charge is -2.26. The number of anilines is 3.